The number of hydrogen-bond donors (Lipinski definition) is 1. The Morgan fingerprint density at radius 2 is 1.60 bits per heavy atom. The van der Waals surface area contributed by atoms with E-state index >= 15 is 0 Å². The van der Waals surface area contributed by atoms with Gasteiger partial charge in [-0.25, -0.2) is 8.42 Å². The van der Waals surface area contributed by atoms with Crippen LogP contribution in [0.3, 0.4) is 0 Å². The van der Waals surface area contributed by atoms with E-state index in [-0.39, 0.29) is 17.3 Å². The van der Waals surface area contributed by atoms with E-state index in [9.17, 15) is 13.2 Å². The SMILES string of the molecule is CCOc1ccc(/C=C(/C(=O)NCc2ccc(S(=O)(=O)N3CCCC3)cc2)c2ccccc2)cc1. The standard InChI is InChI=1S/C28H30N2O4S/c1-2-34-25-14-10-22(11-15-25)20-27(24-8-4-3-5-9-24)28(31)29-21-23-12-16-26(17-13-23)35(32,33)30-18-6-7-19-30/h3-5,8-17,20H,2,6-7,18-19,21H2,1H3,(H,29,31)/b27-20+. The van der Waals surface area contributed by atoms with Crippen LogP contribution >= 0.6 is 0 Å². The summed E-state index contributed by atoms with van der Waals surface area (Å²) in [5.74, 6) is 0.574. The maximum absolute atomic E-state index is 13.2. The van der Waals surface area contributed by atoms with Gasteiger partial charge in [0.2, 0.25) is 10.0 Å². The molecule has 0 aromatic heterocycles. The highest BCUT2D eigenvalue weighted by molar-refractivity contribution is 7.89. The van der Waals surface area contributed by atoms with Gasteiger partial charge in [-0.3, -0.25) is 4.79 Å². The lowest BCUT2D eigenvalue weighted by Crippen LogP contribution is -2.28. The van der Waals surface area contributed by atoms with Gasteiger partial charge < -0.3 is 10.1 Å². The molecule has 1 heterocycles. The highest BCUT2D eigenvalue weighted by Gasteiger charge is 2.26. The number of rotatable bonds is 9. The van der Waals surface area contributed by atoms with Gasteiger partial charge >= 0.3 is 0 Å². The fraction of sp³-hybridized carbons (Fsp3) is 0.250. The van der Waals surface area contributed by atoms with Crippen molar-refractivity contribution in [1.29, 1.82) is 0 Å². The zero-order valence-corrected chi connectivity index (χ0v) is 20.6. The molecule has 3 aromatic rings. The third kappa shape index (κ3) is 6.18. The van der Waals surface area contributed by atoms with Crippen molar-refractivity contribution in [2.75, 3.05) is 19.7 Å². The van der Waals surface area contributed by atoms with E-state index in [0.29, 0.717) is 25.3 Å². The summed E-state index contributed by atoms with van der Waals surface area (Å²) in [7, 11) is -3.45. The summed E-state index contributed by atoms with van der Waals surface area (Å²) in [6.07, 6.45) is 3.65. The van der Waals surface area contributed by atoms with Crippen LogP contribution in [0, 0.1) is 0 Å². The first-order valence-electron chi connectivity index (χ1n) is 11.8. The van der Waals surface area contributed by atoms with Crippen LogP contribution in [0.4, 0.5) is 0 Å². The molecule has 0 radical (unpaired) electrons. The summed E-state index contributed by atoms with van der Waals surface area (Å²) in [5, 5.41) is 2.97. The molecule has 0 bridgehead atoms. The Morgan fingerprint density at radius 3 is 2.23 bits per heavy atom. The van der Waals surface area contributed by atoms with Crippen LogP contribution in [-0.2, 0) is 21.4 Å². The lowest BCUT2D eigenvalue weighted by atomic mass is 10.0. The molecule has 1 saturated heterocycles. The van der Waals surface area contributed by atoms with Crippen LogP contribution < -0.4 is 10.1 Å². The summed E-state index contributed by atoms with van der Waals surface area (Å²) in [6.45, 7) is 3.96. The van der Waals surface area contributed by atoms with Crippen molar-refractivity contribution in [3.8, 4) is 5.75 Å². The van der Waals surface area contributed by atoms with Crippen molar-refractivity contribution in [2.45, 2.75) is 31.2 Å². The molecule has 7 heteroatoms. The van der Waals surface area contributed by atoms with Gasteiger partial charge in [0.05, 0.1) is 11.5 Å². The highest BCUT2D eigenvalue weighted by Crippen LogP contribution is 2.22. The van der Waals surface area contributed by atoms with Crippen LogP contribution in [-0.4, -0.2) is 38.3 Å². The van der Waals surface area contributed by atoms with E-state index in [1.54, 1.807) is 24.3 Å². The molecule has 1 fully saturated rings. The van der Waals surface area contributed by atoms with Gasteiger partial charge in [0.25, 0.3) is 5.91 Å². The smallest absolute Gasteiger partial charge is 0.252 e. The zero-order valence-electron chi connectivity index (χ0n) is 19.8. The molecule has 1 aliphatic rings. The van der Waals surface area contributed by atoms with Gasteiger partial charge in [-0.1, -0.05) is 54.6 Å². The summed E-state index contributed by atoms with van der Waals surface area (Å²) in [4.78, 5) is 13.5. The molecule has 1 N–H and O–H groups in total. The number of amides is 1. The molecule has 3 aromatic carbocycles. The molecule has 6 nitrogen and oxygen atoms in total. The summed E-state index contributed by atoms with van der Waals surface area (Å²) in [5.41, 5.74) is 3.07. The Hall–Kier alpha value is -3.42. The van der Waals surface area contributed by atoms with Gasteiger partial charge in [0.1, 0.15) is 5.75 Å². The molecule has 0 unspecified atom stereocenters. The molecule has 0 spiro atoms. The number of ether oxygens (including phenoxy) is 1. The Labute approximate surface area is 207 Å². The molecule has 0 aliphatic carbocycles. The second-order valence-corrected chi connectivity index (χ2v) is 10.3. The Kier molecular flexibility index (Phi) is 8.00. The molecule has 1 aliphatic heterocycles. The van der Waals surface area contributed by atoms with Crippen LogP contribution in [0.2, 0.25) is 0 Å². The van der Waals surface area contributed by atoms with Crippen molar-refractivity contribution in [3.05, 3.63) is 95.6 Å². The lowest BCUT2D eigenvalue weighted by Gasteiger charge is -2.15. The molecule has 0 saturated carbocycles. The van der Waals surface area contributed by atoms with Gasteiger partial charge in [-0.05, 0) is 66.8 Å². The van der Waals surface area contributed by atoms with Crippen molar-refractivity contribution in [3.63, 3.8) is 0 Å². The predicted molar refractivity (Wildman–Crippen MR) is 138 cm³/mol. The van der Waals surface area contributed by atoms with Crippen LogP contribution in [0.5, 0.6) is 5.75 Å². The van der Waals surface area contributed by atoms with Crippen LogP contribution in [0.25, 0.3) is 11.6 Å². The predicted octanol–water partition coefficient (Wildman–Crippen LogP) is 4.73. The molecular formula is C28H30N2O4S. The number of hydrogen-bond acceptors (Lipinski definition) is 4. The zero-order chi connectivity index (χ0) is 24.7. The number of sulfonamides is 1. The minimum atomic E-state index is -3.45. The fourth-order valence-electron chi connectivity index (χ4n) is 4.03. The van der Waals surface area contributed by atoms with Gasteiger partial charge in [-0.2, -0.15) is 4.31 Å². The van der Waals surface area contributed by atoms with E-state index in [1.807, 2.05) is 67.6 Å². The monoisotopic (exact) mass is 490 g/mol. The Bertz CT molecular complexity index is 1260. The van der Waals surface area contributed by atoms with Gasteiger partial charge in [0, 0.05) is 25.2 Å². The van der Waals surface area contributed by atoms with Gasteiger partial charge in [-0.15, -0.1) is 0 Å². The second kappa shape index (κ2) is 11.3. The first-order valence-corrected chi connectivity index (χ1v) is 13.3. The van der Waals surface area contributed by atoms with Crippen molar-refractivity contribution >= 4 is 27.6 Å². The minimum absolute atomic E-state index is 0.209. The number of carbonyl (C=O) groups excluding carboxylic acids is 1. The molecule has 4 rings (SSSR count). The minimum Gasteiger partial charge on any atom is -0.494 e. The van der Waals surface area contributed by atoms with Crippen LogP contribution in [0.1, 0.15) is 36.5 Å². The number of nitrogens with one attached hydrogen (secondary N) is 1. The summed E-state index contributed by atoms with van der Waals surface area (Å²) in [6, 6.07) is 23.8. The molecule has 35 heavy (non-hydrogen) atoms. The number of carbonyl (C=O) groups is 1. The highest BCUT2D eigenvalue weighted by atomic mass is 32.2. The largest absolute Gasteiger partial charge is 0.494 e. The first kappa shape index (κ1) is 24.7. The molecular weight excluding hydrogens is 460 g/mol. The normalized spacial score (nSPS) is 14.6. The maximum atomic E-state index is 13.2. The average Bonchev–Trinajstić information content (AvgIpc) is 3.44. The van der Waals surface area contributed by atoms with E-state index in [2.05, 4.69) is 5.32 Å². The Morgan fingerprint density at radius 1 is 0.943 bits per heavy atom. The maximum Gasteiger partial charge on any atom is 0.252 e. The first-order chi connectivity index (χ1) is 17.0. The van der Waals surface area contributed by atoms with E-state index < -0.39 is 10.0 Å². The summed E-state index contributed by atoms with van der Waals surface area (Å²) < 4.78 is 32.5. The Balaban J connectivity index is 1.48. The molecule has 182 valence electrons. The van der Waals surface area contributed by atoms with Crippen molar-refractivity contribution < 1.29 is 17.9 Å². The molecule has 1 amide bonds. The lowest BCUT2D eigenvalue weighted by molar-refractivity contribution is -0.115. The average molecular weight is 491 g/mol. The number of nitrogens with zero attached hydrogens (tertiary/aromatic N) is 1. The van der Waals surface area contributed by atoms with E-state index in [4.69, 9.17) is 4.74 Å². The number of benzene rings is 3. The fourth-order valence-corrected chi connectivity index (χ4v) is 5.54. The van der Waals surface area contributed by atoms with E-state index in [0.717, 1.165) is 35.3 Å². The quantitative estimate of drug-likeness (QED) is 0.348. The topological polar surface area (TPSA) is 75.7 Å². The van der Waals surface area contributed by atoms with Crippen molar-refractivity contribution in [1.82, 2.24) is 9.62 Å². The van der Waals surface area contributed by atoms with Crippen molar-refractivity contribution in [2.24, 2.45) is 0 Å². The summed E-state index contributed by atoms with van der Waals surface area (Å²) >= 11 is 0. The van der Waals surface area contributed by atoms with Gasteiger partial charge in [0.15, 0.2) is 0 Å². The molecule has 0 atom stereocenters. The second-order valence-electron chi connectivity index (χ2n) is 8.36. The van der Waals surface area contributed by atoms with Crippen LogP contribution in [0.15, 0.2) is 83.8 Å². The third-order valence-corrected chi connectivity index (χ3v) is 7.82. The van der Waals surface area contributed by atoms with E-state index in [1.165, 1.54) is 4.31 Å². The third-order valence-electron chi connectivity index (χ3n) is 5.91.